The Kier molecular flexibility index (Phi) is 8.74. The molecule has 3 rings (SSSR count). The average Bonchev–Trinajstić information content (AvgIpc) is 2.99. The molecule has 3 N–H and O–H groups in total. The van der Waals surface area contributed by atoms with E-state index in [9.17, 15) is 9.90 Å². The molecular formula is C21H24BrClNO6-. The summed E-state index contributed by atoms with van der Waals surface area (Å²) < 4.78 is 17.0. The molecule has 7 nitrogen and oxygen atoms in total. The van der Waals surface area contributed by atoms with Crippen molar-refractivity contribution in [3.8, 4) is 17.2 Å². The first-order valence-corrected chi connectivity index (χ1v) is 9.42. The number of phenolic OH excluding ortho intramolecular Hbond substituents is 1. The topological polar surface area (TPSA) is 104 Å². The number of nitrogens with zero attached hydrogens (tertiary/aromatic N) is 1. The highest BCUT2D eigenvalue weighted by molar-refractivity contribution is 9.10. The number of aromatic hydroxyl groups is 1. The zero-order chi connectivity index (χ0) is 20.6. The van der Waals surface area contributed by atoms with Crippen molar-refractivity contribution in [1.82, 2.24) is 4.90 Å². The van der Waals surface area contributed by atoms with Gasteiger partial charge in [-0.1, -0.05) is 0 Å². The second-order valence-corrected chi connectivity index (χ2v) is 7.58. The smallest absolute Gasteiger partial charge is 0.201 e. The molecule has 1 heterocycles. The molecule has 0 unspecified atom stereocenters. The molecule has 0 bridgehead atoms. The molecule has 2 aromatic carbocycles. The number of benzene rings is 2. The molecule has 3 aromatic rings. The number of ether oxygens (including phenoxy) is 2. The standard InChI is InChI=1S/C21H22BrNO5.ClH.H2O/c1-11-18(21(25)13-8-12(26-4)6-7-16(13)27-5)19-14(10-23(2)3)20(24)15(22)9-17(19)28-11;;/h6-9,24H,10H2,1-5H3;1H;1H2/p-1. The van der Waals surface area contributed by atoms with E-state index < -0.39 is 0 Å². The van der Waals surface area contributed by atoms with Gasteiger partial charge in [-0.2, -0.15) is 0 Å². The van der Waals surface area contributed by atoms with Crippen molar-refractivity contribution in [2.45, 2.75) is 13.5 Å². The largest absolute Gasteiger partial charge is 1.00 e. The van der Waals surface area contributed by atoms with Crippen LogP contribution in [0, 0.1) is 6.92 Å². The number of aryl methyl sites for hydroxylation is 1. The Bertz CT molecular complexity index is 1060. The maximum absolute atomic E-state index is 13.5. The second-order valence-electron chi connectivity index (χ2n) is 6.73. The van der Waals surface area contributed by atoms with Gasteiger partial charge in [-0.3, -0.25) is 4.79 Å². The number of halogens is 2. The van der Waals surface area contributed by atoms with Crippen LogP contribution in [0.1, 0.15) is 27.2 Å². The molecule has 0 saturated heterocycles. The summed E-state index contributed by atoms with van der Waals surface area (Å²) in [7, 11) is 6.84. The summed E-state index contributed by atoms with van der Waals surface area (Å²) in [4.78, 5) is 15.4. The van der Waals surface area contributed by atoms with Crippen molar-refractivity contribution in [1.29, 1.82) is 0 Å². The summed E-state index contributed by atoms with van der Waals surface area (Å²) in [5.74, 6) is 1.30. The Morgan fingerprint density at radius 2 is 1.87 bits per heavy atom. The van der Waals surface area contributed by atoms with Gasteiger partial charge < -0.3 is 41.8 Å². The van der Waals surface area contributed by atoms with E-state index in [4.69, 9.17) is 13.9 Å². The van der Waals surface area contributed by atoms with Crippen molar-refractivity contribution in [2.75, 3.05) is 28.3 Å². The van der Waals surface area contributed by atoms with Crippen molar-refractivity contribution in [2.24, 2.45) is 0 Å². The zero-order valence-electron chi connectivity index (χ0n) is 17.3. The molecule has 0 aliphatic rings. The number of fused-ring (bicyclic) bond motifs is 1. The number of carbonyl (C=O) groups is 1. The average molecular weight is 502 g/mol. The number of hydrogen-bond acceptors (Lipinski definition) is 6. The minimum atomic E-state index is -0.256. The molecule has 1 aromatic heterocycles. The third-order valence-electron chi connectivity index (χ3n) is 4.54. The van der Waals surface area contributed by atoms with Gasteiger partial charge in [0.05, 0.1) is 29.8 Å². The molecule has 0 amide bonds. The van der Waals surface area contributed by atoms with Crippen molar-refractivity contribution >= 4 is 32.7 Å². The predicted molar refractivity (Wildman–Crippen MR) is 114 cm³/mol. The molecule has 0 radical (unpaired) electrons. The molecule has 0 atom stereocenters. The van der Waals surface area contributed by atoms with Crippen molar-refractivity contribution in [3.05, 3.63) is 51.2 Å². The van der Waals surface area contributed by atoms with Gasteiger partial charge in [-0.15, -0.1) is 0 Å². The fourth-order valence-electron chi connectivity index (χ4n) is 3.28. The number of furan rings is 1. The lowest BCUT2D eigenvalue weighted by Gasteiger charge is -2.15. The van der Waals surface area contributed by atoms with Gasteiger partial charge in [-0.05, 0) is 61.2 Å². The molecular weight excluding hydrogens is 478 g/mol. The number of hydrogen-bond donors (Lipinski definition) is 1. The van der Waals surface area contributed by atoms with E-state index in [1.807, 2.05) is 19.0 Å². The summed E-state index contributed by atoms with van der Waals surface area (Å²) in [6, 6.07) is 6.75. The zero-order valence-corrected chi connectivity index (χ0v) is 19.6. The van der Waals surface area contributed by atoms with Crippen LogP contribution in [-0.2, 0) is 6.54 Å². The SMILES string of the molecule is COc1ccc(OC)c(C(=O)c2c(C)oc3cc(Br)c(O)c(CN(C)C)c23)c1.O.[Cl-]. The number of ketones is 1. The molecule has 0 saturated carbocycles. The number of carbonyl (C=O) groups excluding carboxylic acids is 1. The first-order chi connectivity index (χ1) is 13.3. The monoisotopic (exact) mass is 500 g/mol. The van der Waals surface area contributed by atoms with Crippen LogP contribution < -0.4 is 21.9 Å². The van der Waals surface area contributed by atoms with Crippen LogP contribution in [0.15, 0.2) is 33.2 Å². The van der Waals surface area contributed by atoms with Gasteiger partial charge in [0, 0.05) is 17.5 Å². The van der Waals surface area contributed by atoms with Crippen LogP contribution in [-0.4, -0.2) is 49.6 Å². The van der Waals surface area contributed by atoms with Crippen LogP contribution >= 0.6 is 15.9 Å². The Labute approximate surface area is 189 Å². The van der Waals surface area contributed by atoms with Crippen LogP contribution in [0.4, 0.5) is 0 Å². The highest BCUT2D eigenvalue weighted by Gasteiger charge is 2.27. The summed E-state index contributed by atoms with van der Waals surface area (Å²) in [6.07, 6.45) is 0. The fraction of sp³-hybridized carbons (Fsp3) is 0.286. The number of methoxy groups -OCH3 is 2. The lowest BCUT2D eigenvalue weighted by Crippen LogP contribution is -3.00. The normalized spacial score (nSPS) is 10.5. The van der Waals surface area contributed by atoms with E-state index in [0.29, 0.717) is 55.9 Å². The summed E-state index contributed by atoms with van der Waals surface area (Å²) in [5.41, 5.74) is 1.92. The minimum Gasteiger partial charge on any atom is -1.00 e. The van der Waals surface area contributed by atoms with Gasteiger partial charge >= 0.3 is 0 Å². The lowest BCUT2D eigenvalue weighted by atomic mass is 9.96. The van der Waals surface area contributed by atoms with Gasteiger partial charge in [0.25, 0.3) is 0 Å². The van der Waals surface area contributed by atoms with E-state index in [2.05, 4.69) is 15.9 Å². The lowest BCUT2D eigenvalue weighted by molar-refractivity contribution is -0.0000167. The predicted octanol–water partition coefficient (Wildman–Crippen LogP) is 0.698. The third kappa shape index (κ3) is 4.57. The first-order valence-electron chi connectivity index (χ1n) is 8.63. The highest BCUT2D eigenvalue weighted by atomic mass is 79.9. The molecule has 0 spiro atoms. The molecule has 164 valence electrons. The van der Waals surface area contributed by atoms with Crippen LogP contribution in [0.3, 0.4) is 0 Å². The van der Waals surface area contributed by atoms with Crippen molar-refractivity contribution < 1.29 is 41.7 Å². The molecule has 9 heteroatoms. The fourth-order valence-corrected chi connectivity index (χ4v) is 3.73. The van der Waals surface area contributed by atoms with Gasteiger partial charge in [0.15, 0.2) is 0 Å². The van der Waals surface area contributed by atoms with Gasteiger partial charge in [0.1, 0.15) is 28.6 Å². The van der Waals surface area contributed by atoms with Crippen LogP contribution in [0.25, 0.3) is 11.0 Å². The first kappa shape index (κ1) is 25.8. The maximum Gasteiger partial charge on any atom is 0.201 e. The van der Waals surface area contributed by atoms with Gasteiger partial charge in [-0.25, -0.2) is 0 Å². The van der Waals surface area contributed by atoms with E-state index in [1.54, 1.807) is 38.3 Å². The summed E-state index contributed by atoms with van der Waals surface area (Å²) >= 11 is 3.36. The number of phenols is 1. The maximum atomic E-state index is 13.5. The van der Waals surface area contributed by atoms with Crippen LogP contribution in [0.5, 0.6) is 17.2 Å². The molecule has 30 heavy (non-hydrogen) atoms. The Hall–Kier alpha value is -2.26. The molecule has 0 aliphatic heterocycles. The van der Waals surface area contributed by atoms with E-state index >= 15 is 0 Å². The Balaban J connectivity index is 0.00000225. The minimum absolute atomic E-state index is 0. The van der Waals surface area contributed by atoms with E-state index in [-0.39, 0.29) is 29.4 Å². The highest BCUT2D eigenvalue weighted by Crippen LogP contribution is 2.41. The summed E-state index contributed by atoms with van der Waals surface area (Å²) in [5, 5.41) is 11.2. The van der Waals surface area contributed by atoms with E-state index in [1.165, 1.54) is 7.11 Å². The van der Waals surface area contributed by atoms with Crippen molar-refractivity contribution in [3.63, 3.8) is 0 Å². The summed E-state index contributed by atoms with van der Waals surface area (Å²) in [6.45, 7) is 2.18. The third-order valence-corrected chi connectivity index (χ3v) is 5.14. The quantitative estimate of drug-likeness (QED) is 0.499. The van der Waals surface area contributed by atoms with Gasteiger partial charge in [0.2, 0.25) is 5.78 Å². The number of rotatable bonds is 6. The second kappa shape index (κ2) is 10.2. The molecule has 0 aliphatic carbocycles. The Morgan fingerprint density at radius 3 is 2.43 bits per heavy atom. The Morgan fingerprint density at radius 1 is 1.20 bits per heavy atom. The van der Waals surface area contributed by atoms with Crippen LogP contribution in [0.2, 0.25) is 0 Å². The van der Waals surface area contributed by atoms with E-state index in [0.717, 1.165) is 0 Å². The molecule has 0 fully saturated rings.